The van der Waals surface area contributed by atoms with E-state index in [-0.39, 0.29) is 11.9 Å². The fraction of sp³-hybridized carbons (Fsp3) is 0.429. The van der Waals surface area contributed by atoms with E-state index in [1.54, 1.807) is 7.05 Å². The monoisotopic (exact) mass is 340 g/mol. The number of halogens is 1. The number of carboxylic acid groups (broad SMARTS) is 1. The highest BCUT2D eigenvalue weighted by molar-refractivity contribution is 9.10. The maximum absolute atomic E-state index is 12.0. The molecule has 0 spiro atoms. The number of rotatable bonds is 5. The molecule has 20 heavy (non-hydrogen) atoms. The smallest absolute Gasteiger partial charge is 0.326 e. The first kappa shape index (κ1) is 14.8. The third-order valence-electron chi connectivity index (χ3n) is 3.35. The van der Waals surface area contributed by atoms with Gasteiger partial charge in [0.1, 0.15) is 6.04 Å². The van der Waals surface area contributed by atoms with E-state index in [2.05, 4.69) is 21.2 Å². The van der Waals surface area contributed by atoms with Crippen LogP contribution in [0.3, 0.4) is 0 Å². The van der Waals surface area contributed by atoms with Crippen LogP contribution in [-0.4, -0.2) is 35.1 Å². The van der Waals surface area contributed by atoms with E-state index >= 15 is 0 Å². The van der Waals surface area contributed by atoms with E-state index in [9.17, 15) is 9.59 Å². The number of carboxylic acids is 1. The number of nitrogens with zero attached hydrogens (tertiary/aromatic N) is 1. The molecule has 0 heterocycles. The predicted octanol–water partition coefficient (Wildman–Crippen LogP) is 2.45. The zero-order chi connectivity index (χ0) is 14.7. The topological polar surface area (TPSA) is 69.6 Å². The molecule has 108 valence electrons. The second kappa shape index (κ2) is 6.26. The first-order chi connectivity index (χ1) is 9.49. The van der Waals surface area contributed by atoms with Crippen molar-refractivity contribution in [3.8, 4) is 0 Å². The number of nitrogens with one attached hydrogen (secondary N) is 1. The predicted molar refractivity (Wildman–Crippen MR) is 78.3 cm³/mol. The minimum Gasteiger partial charge on any atom is -0.480 e. The third-order valence-corrected chi connectivity index (χ3v) is 4.12. The van der Waals surface area contributed by atoms with Gasteiger partial charge in [-0.3, -0.25) is 0 Å². The maximum Gasteiger partial charge on any atom is 0.326 e. The largest absolute Gasteiger partial charge is 0.480 e. The Morgan fingerprint density at radius 1 is 1.45 bits per heavy atom. The molecule has 6 heteroatoms. The highest BCUT2D eigenvalue weighted by Gasteiger charge is 2.37. The molecule has 1 atom stereocenters. The molecular weight excluding hydrogens is 324 g/mol. The van der Waals surface area contributed by atoms with Gasteiger partial charge < -0.3 is 15.3 Å². The maximum atomic E-state index is 12.0. The molecule has 5 nitrogen and oxygen atoms in total. The molecule has 0 aromatic heterocycles. The first-order valence-corrected chi connectivity index (χ1v) is 7.26. The standard InChI is InChI=1S/C14H17BrN2O3/c1-17(8-10-4-2-3-5-11(10)15)14(20)16-12(13(18)19)9-6-7-9/h2-5,9,12H,6-8H2,1H3,(H,16,20)(H,18,19). The number of amides is 2. The van der Waals surface area contributed by atoms with Crippen LogP contribution in [-0.2, 0) is 11.3 Å². The summed E-state index contributed by atoms with van der Waals surface area (Å²) in [6, 6.07) is 6.50. The van der Waals surface area contributed by atoms with E-state index in [0.29, 0.717) is 6.54 Å². The number of hydrogen-bond donors (Lipinski definition) is 2. The van der Waals surface area contributed by atoms with Gasteiger partial charge >= 0.3 is 12.0 Å². The van der Waals surface area contributed by atoms with E-state index in [1.165, 1.54) is 4.90 Å². The second-order valence-corrected chi connectivity index (χ2v) is 5.90. The fourth-order valence-corrected chi connectivity index (χ4v) is 2.42. The number of carbonyl (C=O) groups excluding carboxylic acids is 1. The molecule has 2 rings (SSSR count). The van der Waals surface area contributed by atoms with Gasteiger partial charge in [-0.15, -0.1) is 0 Å². The lowest BCUT2D eigenvalue weighted by molar-refractivity contribution is -0.139. The van der Waals surface area contributed by atoms with Gasteiger partial charge in [0.2, 0.25) is 0 Å². The lowest BCUT2D eigenvalue weighted by atomic mass is 10.2. The van der Waals surface area contributed by atoms with E-state index in [4.69, 9.17) is 5.11 Å². The highest BCUT2D eigenvalue weighted by atomic mass is 79.9. The van der Waals surface area contributed by atoms with E-state index in [1.807, 2.05) is 24.3 Å². The molecule has 0 aliphatic heterocycles. The van der Waals surface area contributed by atoms with Crippen molar-refractivity contribution in [3.05, 3.63) is 34.3 Å². The zero-order valence-electron chi connectivity index (χ0n) is 11.2. The molecule has 0 radical (unpaired) electrons. The zero-order valence-corrected chi connectivity index (χ0v) is 12.8. The van der Waals surface area contributed by atoms with Crippen LogP contribution in [0.15, 0.2) is 28.7 Å². The van der Waals surface area contributed by atoms with Crippen molar-refractivity contribution in [2.75, 3.05) is 7.05 Å². The molecule has 1 aliphatic carbocycles. The molecule has 1 unspecified atom stereocenters. The van der Waals surface area contributed by atoms with Crippen LogP contribution in [0.25, 0.3) is 0 Å². The van der Waals surface area contributed by atoms with Crippen molar-refractivity contribution >= 4 is 27.9 Å². The third kappa shape index (κ3) is 3.72. The molecule has 1 aliphatic rings. The van der Waals surface area contributed by atoms with Gasteiger partial charge in [0.25, 0.3) is 0 Å². The number of hydrogen-bond acceptors (Lipinski definition) is 2. The summed E-state index contributed by atoms with van der Waals surface area (Å²) >= 11 is 3.43. The van der Waals surface area contributed by atoms with E-state index in [0.717, 1.165) is 22.9 Å². The number of carbonyl (C=O) groups is 2. The fourth-order valence-electron chi connectivity index (χ4n) is 2.01. The second-order valence-electron chi connectivity index (χ2n) is 5.05. The van der Waals surface area contributed by atoms with Gasteiger partial charge in [-0.1, -0.05) is 34.1 Å². The van der Waals surface area contributed by atoms with Crippen LogP contribution in [0.5, 0.6) is 0 Å². The molecule has 2 amide bonds. The number of urea groups is 1. The SMILES string of the molecule is CN(Cc1ccccc1Br)C(=O)NC(C(=O)O)C1CC1. The van der Waals surface area contributed by atoms with Crippen molar-refractivity contribution in [2.24, 2.45) is 5.92 Å². The van der Waals surface area contributed by atoms with Crippen LogP contribution in [0.2, 0.25) is 0 Å². The molecule has 1 aromatic rings. The number of benzene rings is 1. The highest BCUT2D eigenvalue weighted by Crippen LogP contribution is 2.32. The van der Waals surface area contributed by atoms with Crippen LogP contribution in [0, 0.1) is 5.92 Å². The van der Waals surface area contributed by atoms with Crippen LogP contribution in [0.1, 0.15) is 18.4 Å². The van der Waals surface area contributed by atoms with Gasteiger partial charge in [0.15, 0.2) is 0 Å². The molecule has 0 bridgehead atoms. The summed E-state index contributed by atoms with van der Waals surface area (Å²) in [6.07, 6.45) is 1.73. The number of aliphatic carboxylic acids is 1. The van der Waals surface area contributed by atoms with Gasteiger partial charge in [-0.05, 0) is 30.4 Å². The average Bonchev–Trinajstić information content (AvgIpc) is 3.22. The minimum absolute atomic E-state index is 0.0771. The van der Waals surface area contributed by atoms with Gasteiger partial charge in [-0.25, -0.2) is 9.59 Å². The van der Waals surface area contributed by atoms with Crippen LogP contribution >= 0.6 is 15.9 Å². The quantitative estimate of drug-likeness (QED) is 0.864. The molecular formula is C14H17BrN2O3. The Morgan fingerprint density at radius 3 is 2.65 bits per heavy atom. The summed E-state index contributed by atoms with van der Waals surface area (Å²) in [4.78, 5) is 24.6. The molecule has 1 aromatic carbocycles. The van der Waals surface area contributed by atoms with Crippen molar-refractivity contribution in [2.45, 2.75) is 25.4 Å². The lowest BCUT2D eigenvalue weighted by Crippen LogP contribution is -2.47. The normalized spacial score (nSPS) is 15.5. The Balaban J connectivity index is 1.95. The Kier molecular flexibility index (Phi) is 4.65. The molecule has 1 fully saturated rings. The first-order valence-electron chi connectivity index (χ1n) is 6.47. The minimum atomic E-state index is -0.963. The van der Waals surface area contributed by atoms with Crippen molar-refractivity contribution in [1.29, 1.82) is 0 Å². The van der Waals surface area contributed by atoms with Gasteiger partial charge in [0, 0.05) is 18.1 Å². The summed E-state index contributed by atoms with van der Waals surface area (Å²) in [5.74, 6) is -0.886. The van der Waals surface area contributed by atoms with Crippen molar-refractivity contribution in [1.82, 2.24) is 10.2 Å². The summed E-state index contributed by atoms with van der Waals surface area (Å²) in [7, 11) is 1.65. The van der Waals surface area contributed by atoms with Crippen LogP contribution < -0.4 is 5.32 Å². The molecule has 2 N–H and O–H groups in total. The Labute approximate surface area is 126 Å². The van der Waals surface area contributed by atoms with E-state index < -0.39 is 12.0 Å². The van der Waals surface area contributed by atoms with Crippen molar-refractivity contribution < 1.29 is 14.7 Å². The average molecular weight is 341 g/mol. The van der Waals surface area contributed by atoms with Crippen LogP contribution in [0.4, 0.5) is 4.79 Å². The Morgan fingerprint density at radius 2 is 2.10 bits per heavy atom. The van der Waals surface area contributed by atoms with Crippen molar-refractivity contribution in [3.63, 3.8) is 0 Å². The van der Waals surface area contributed by atoms with Gasteiger partial charge in [0.05, 0.1) is 0 Å². The summed E-state index contributed by atoms with van der Waals surface area (Å²) in [5.41, 5.74) is 0.975. The Hall–Kier alpha value is -1.56. The lowest BCUT2D eigenvalue weighted by Gasteiger charge is -2.21. The summed E-state index contributed by atoms with van der Waals surface area (Å²) < 4.78 is 0.927. The Bertz CT molecular complexity index is 517. The summed E-state index contributed by atoms with van der Waals surface area (Å²) in [5, 5.41) is 11.7. The summed E-state index contributed by atoms with van der Waals surface area (Å²) in [6.45, 7) is 0.421. The molecule has 1 saturated carbocycles. The molecule has 0 saturated heterocycles. The van der Waals surface area contributed by atoms with Gasteiger partial charge in [-0.2, -0.15) is 0 Å².